The molecule has 2 aromatic heterocycles. The average molecular weight is 330 g/mol. The van der Waals surface area contributed by atoms with Gasteiger partial charge < -0.3 is 14.4 Å². The van der Waals surface area contributed by atoms with Gasteiger partial charge in [-0.2, -0.15) is 11.3 Å². The smallest absolute Gasteiger partial charge is 0.227 e. The first-order valence-corrected chi connectivity index (χ1v) is 9.21. The third-order valence-electron chi connectivity index (χ3n) is 5.04. The summed E-state index contributed by atoms with van der Waals surface area (Å²) in [5.74, 6) is 1.54. The molecular weight excluding hydrogens is 308 g/mol. The fraction of sp³-hybridized carbons (Fsp3) is 0.529. The first-order chi connectivity index (χ1) is 11.2. The summed E-state index contributed by atoms with van der Waals surface area (Å²) in [6.45, 7) is 4.45. The number of aryl methyl sites for hydroxylation is 1. The number of amides is 1. The van der Waals surface area contributed by atoms with Crippen LogP contribution in [0.5, 0.6) is 0 Å². The van der Waals surface area contributed by atoms with E-state index in [0.29, 0.717) is 5.91 Å². The Balaban J connectivity index is 1.52. The Bertz CT molecular complexity index is 686. The zero-order valence-electron chi connectivity index (χ0n) is 13.4. The van der Waals surface area contributed by atoms with E-state index < -0.39 is 0 Å². The van der Waals surface area contributed by atoms with Crippen molar-refractivity contribution in [3.63, 3.8) is 0 Å². The molecule has 2 aromatic rings. The molecule has 6 heteroatoms. The van der Waals surface area contributed by atoms with Crippen LogP contribution >= 0.6 is 11.3 Å². The highest BCUT2D eigenvalue weighted by atomic mass is 32.1. The number of carbonyl (C=O) groups is 1. The second-order valence-corrected chi connectivity index (χ2v) is 7.33. The predicted molar refractivity (Wildman–Crippen MR) is 91.4 cm³/mol. The topological polar surface area (TPSA) is 41.4 Å². The molecule has 0 radical (unpaired) electrons. The van der Waals surface area contributed by atoms with Gasteiger partial charge in [-0.25, -0.2) is 4.98 Å². The van der Waals surface area contributed by atoms with Crippen molar-refractivity contribution in [1.29, 1.82) is 0 Å². The van der Waals surface area contributed by atoms with Crippen molar-refractivity contribution in [2.45, 2.75) is 19.4 Å². The summed E-state index contributed by atoms with van der Waals surface area (Å²) in [6.07, 6.45) is 3.78. The molecule has 5 nitrogen and oxygen atoms in total. The molecule has 2 aliphatic heterocycles. The van der Waals surface area contributed by atoms with Gasteiger partial charge in [0.25, 0.3) is 0 Å². The van der Waals surface area contributed by atoms with Crippen LogP contribution in [0.2, 0.25) is 0 Å². The second kappa shape index (κ2) is 6.09. The molecule has 1 fully saturated rings. The number of likely N-dealkylation sites (N-methyl/N-ethyl adjacent to an activating group) is 1. The standard InChI is InChI=1S/C17H22N4OS/c1-19-5-7-20(8-6-19)17(22)13-2-3-16-18-10-15(21(16)11-13)14-4-9-23-12-14/h4,9-10,12-13H,2-3,5-8,11H2,1H3. The minimum atomic E-state index is 0.0949. The molecule has 4 heterocycles. The summed E-state index contributed by atoms with van der Waals surface area (Å²) in [5, 5.41) is 4.24. The van der Waals surface area contributed by atoms with Gasteiger partial charge >= 0.3 is 0 Å². The number of fused-ring (bicyclic) bond motifs is 1. The predicted octanol–water partition coefficient (Wildman–Crippen LogP) is 1.95. The Morgan fingerprint density at radius 2 is 2.13 bits per heavy atom. The third-order valence-corrected chi connectivity index (χ3v) is 5.72. The van der Waals surface area contributed by atoms with Crippen molar-refractivity contribution < 1.29 is 4.79 Å². The zero-order valence-corrected chi connectivity index (χ0v) is 14.3. The number of imidazole rings is 1. The summed E-state index contributed by atoms with van der Waals surface area (Å²) in [6, 6.07) is 2.13. The lowest BCUT2D eigenvalue weighted by Gasteiger charge is -2.36. The van der Waals surface area contributed by atoms with Crippen LogP contribution < -0.4 is 0 Å². The molecule has 0 bridgehead atoms. The van der Waals surface area contributed by atoms with E-state index in [-0.39, 0.29) is 5.92 Å². The highest BCUT2D eigenvalue weighted by molar-refractivity contribution is 7.08. The maximum atomic E-state index is 12.9. The van der Waals surface area contributed by atoms with Crippen molar-refractivity contribution in [2.75, 3.05) is 33.2 Å². The zero-order chi connectivity index (χ0) is 15.8. The Labute approximate surface area is 140 Å². The maximum absolute atomic E-state index is 12.9. The summed E-state index contributed by atoms with van der Waals surface area (Å²) in [5.41, 5.74) is 2.36. The number of hydrogen-bond donors (Lipinski definition) is 0. The van der Waals surface area contributed by atoms with Crippen LogP contribution in [0.15, 0.2) is 23.0 Å². The second-order valence-electron chi connectivity index (χ2n) is 6.55. The lowest BCUT2D eigenvalue weighted by Crippen LogP contribution is -2.50. The normalized spacial score (nSPS) is 22.1. The first kappa shape index (κ1) is 14.9. The lowest BCUT2D eigenvalue weighted by molar-refractivity contribution is -0.138. The Kier molecular flexibility index (Phi) is 3.95. The number of thiophene rings is 1. The van der Waals surface area contributed by atoms with Crippen LogP contribution in [0.25, 0.3) is 11.3 Å². The molecule has 2 aliphatic rings. The van der Waals surface area contributed by atoms with Gasteiger partial charge in [0.15, 0.2) is 0 Å². The molecule has 1 atom stereocenters. The van der Waals surface area contributed by atoms with Crippen LogP contribution in [0.1, 0.15) is 12.2 Å². The van der Waals surface area contributed by atoms with Crippen molar-refractivity contribution in [1.82, 2.24) is 19.4 Å². The van der Waals surface area contributed by atoms with Crippen LogP contribution in [-0.4, -0.2) is 58.5 Å². The van der Waals surface area contributed by atoms with E-state index in [4.69, 9.17) is 0 Å². The highest BCUT2D eigenvalue weighted by Crippen LogP contribution is 2.29. The van der Waals surface area contributed by atoms with E-state index >= 15 is 0 Å². The van der Waals surface area contributed by atoms with Crippen molar-refractivity contribution in [2.24, 2.45) is 5.92 Å². The molecule has 4 rings (SSSR count). The molecule has 0 aromatic carbocycles. The highest BCUT2D eigenvalue weighted by Gasteiger charge is 2.31. The molecule has 122 valence electrons. The average Bonchev–Trinajstić information content (AvgIpc) is 3.23. The number of carbonyl (C=O) groups excluding carboxylic acids is 1. The number of nitrogens with zero attached hydrogens (tertiary/aromatic N) is 4. The summed E-state index contributed by atoms with van der Waals surface area (Å²) in [7, 11) is 2.12. The van der Waals surface area contributed by atoms with Crippen molar-refractivity contribution in [3.8, 4) is 11.3 Å². The molecule has 0 saturated carbocycles. The Morgan fingerprint density at radius 1 is 1.30 bits per heavy atom. The fourth-order valence-electron chi connectivity index (χ4n) is 3.56. The Hall–Kier alpha value is -1.66. The van der Waals surface area contributed by atoms with E-state index in [0.717, 1.165) is 57.1 Å². The van der Waals surface area contributed by atoms with Gasteiger partial charge in [-0.05, 0) is 24.9 Å². The fourth-order valence-corrected chi connectivity index (χ4v) is 4.21. The van der Waals surface area contributed by atoms with Crippen LogP contribution in [0, 0.1) is 5.92 Å². The minimum absolute atomic E-state index is 0.0949. The summed E-state index contributed by atoms with van der Waals surface area (Å²) in [4.78, 5) is 21.8. The lowest BCUT2D eigenvalue weighted by atomic mass is 9.97. The molecule has 0 N–H and O–H groups in total. The first-order valence-electron chi connectivity index (χ1n) is 8.26. The van der Waals surface area contributed by atoms with Crippen molar-refractivity contribution in [3.05, 3.63) is 28.8 Å². The van der Waals surface area contributed by atoms with Gasteiger partial charge in [-0.15, -0.1) is 0 Å². The van der Waals surface area contributed by atoms with Crippen molar-refractivity contribution >= 4 is 17.2 Å². The number of hydrogen-bond acceptors (Lipinski definition) is 4. The van der Waals surface area contributed by atoms with Crippen LogP contribution in [-0.2, 0) is 17.8 Å². The maximum Gasteiger partial charge on any atom is 0.227 e. The van der Waals surface area contributed by atoms with E-state index in [2.05, 4.69) is 43.2 Å². The van der Waals surface area contributed by atoms with E-state index in [1.807, 2.05) is 6.20 Å². The molecule has 1 saturated heterocycles. The SMILES string of the molecule is CN1CCN(C(=O)C2CCc3ncc(-c4ccsc4)n3C2)CC1. The van der Waals surface area contributed by atoms with E-state index in [1.54, 1.807) is 11.3 Å². The number of aromatic nitrogens is 2. The monoisotopic (exact) mass is 330 g/mol. The van der Waals surface area contributed by atoms with Gasteiger partial charge in [-0.3, -0.25) is 4.79 Å². The largest absolute Gasteiger partial charge is 0.340 e. The Morgan fingerprint density at radius 3 is 2.87 bits per heavy atom. The minimum Gasteiger partial charge on any atom is -0.340 e. The summed E-state index contributed by atoms with van der Waals surface area (Å²) >= 11 is 1.70. The van der Waals surface area contributed by atoms with Gasteiger partial charge in [-0.1, -0.05) is 0 Å². The van der Waals surface area contributed by atoms with Gasteiger partial charge in [0.05, 0.1) is 17.8 Å². The molecule has 23 heavy (non-hydrogen) atoms. The molecular formula is C17H22N4OS. The summed E-state index contributed by atoms with van der Waals surface area (Å²) < 4.78 is 2.25. The molecule has 0 aliphatic carbocycles. The molecule has 1 amide bonds. The van der Waals surface area contributed by atoms with Gasteiger partial charge in [0, 0.05) is 50.1 Å². The quantitative estimate of drug-likeness (QED) is 0.845. The molecule has 0 spiro atoms. The molecule has 1 unspecified atom stereocenters. The van der Waals surface area contributed by atoms with Crippen LogP contribution in [0.3, 0.4) is 0 Å². The number of rotatable bonds is 2. The number of piperazine rings is 1. The van der Waals surface area contributed by atoms with Gasteiger partial charge in [0.2, 0.25) is 5.91 Å². The van der Waals surface area contributed by atoms with Crippen LogP contribution in [0.4, 0.5) is 0 Å². The van der Waals surface area contributed by atoms with E-state index in [9.17, 15) is 4.79 Å². The van der Waals surface area contributed by atoms with Gasteiger partial charge in [0.1, 0.15) is 5.82 Å². The van der Waals surface area contributed by atoms with E-state index in [1.165, 1.54) is 5.56 Å². The third kappa shape index (κ3) is 2.81.